The topological polar surface area (TPSA) is 105 Å². The average Bonchev–Trinajstić information content (AvgIpc) is 3.12. The van der Waals surface area contributed by atoms with Gasteiger partial charge in [-0.05, 0) is 11.6 Å². The van der Waals surface area contributed by atoms with E-state index in [1.165, 1.54) is 0 Å². The molecule has 8 heteroatoms. The lowest BCUT2D eigenvalue weighted by Gasteiger charge is -2.23. The van der Waals surface area contributed by atoms with E-state index in [2.05, 4.69) is 15.5 Å². The molecular weight excluding hydrogens is 264 g/mol. The van der Waals surface area contributed by atoms with Crippen molar-refractivity contribution >= 4 is 5.91 Å². The van der Waals surface area contributed by atoms with Crippen LogP contribution in [0.4, 0.5) is 0 Å². The van der Waals surface area contributed by atoms with Gasteiger partial charge in [0, 0.05) is 13.1 Å². The molecule has 0 aliphatic carbocycles. The van der Waals surface area contributed by atoms with Crippen molar-refractivity contribution in [2.24, 2.45) is 0 Å². The van der Waals surface area contributed by atoms with Crippen LogP contribution in [-0.2, 0) is 26.1 Å². The van der Waals surface area contributed by atoms with E-state index < -0.39 is 0 Å². The van der Waals surface area contributed by atoms with E-state index in [0.29, 0.717) is 37.4 Å². The fourth-order valence-corrected chi connectivity index (χ4v) is 2.56. The molecule has 4 heterocycles. The van der Waals surface area contributed by atoms with Gasteiger partial charge in [0.05, 0.1) is 24.3 Å². The van der Waals surface area contributed by atoms with Gasteiger partial charge < -0.3 is 24.3 Å². The number of oxazole rings is 1. The zero-order valence-electron chi connectivity index (χ0n) is 10.5. The number of fused-ring (bicyclic) bond motifs is 2. The molecule has 2 N–H and O–H groups in total. The molecule has 0 atom stereocenters. The second-order valence-corrected chi connectivity index (χ2v) is 4.88. The summed E-state index contributed by atoms with van der Waals surface area (Å²) < 4.78 is 10.5. The van der Waals surface area contributed by atoms with Crippen molar-refractivity contribution < 1.29 is 18.8 Å². The smallest absolute Gasteiger partial charge is 0.310 e. The summed E-state index contributed by atoms with van der Waals surface area (Å²) in [5.41, 5.74) is 1.47. The molecule has 0 saturated carbocycles. The van der Waals surface area contributed by atoms with Gasteiger partial charge in [0.2, 0.25) is 0 Å². The Balaban J connectivity index is 1.57. The minimum atomic E-state index is -0.263. The standard InChI is InChI=1S/C12H12N4O4/c17-10-6-1-2-16(5-9(6)20-15-10)12(18)11-14-7-3-13-4-8(7)19-11/h13H,1-5H2,(H,15,17). The van der Waals surface area contributed by atoms with Crippen molar-refractivity contribution in [3.8, 4) is 5.88 Å². The van der Waals surface area contributed by atoms with E-state index in [9.17, 15) is 9.90 Å². The molecule has 8 nitrogen and oxygen atoms in total. The summed E-state index contributed by atoms with van der Waals surface area (Å²) in [7, 11) is 0. The van der Waals surface area contributed by atoms with Crippen molar-refractivity contribution in [2.75, 3.05) is 6.54 Å². The largest absolute Gasteiger partial charge is 0.491 e. The Bertz CT molecular complexity index is 668. The van der Waals surface area contributed by atoms with E-state index in [1.807, 2.05) is 0 Å². The fourth-order valence-electron chi connectivity index (χ4n) is 2.56. The highest BCUT2D eigenvalue weighted by Crippen LogP contribution is 2.27. The molecule has 0 aromatic carbocycles. The van der Waals surface area contributed by atoms with E-state index in [1.54, 1.807) is 4.90 Å². The van der Waals surface area contributed by atoms with Crippen LogP contribution in [0.25, 0.3) is 0 Å². The maximum Gasteiger partial charge on any atom is 0.310 e. The van der Waals surface area contributed by atoms with Gasteiger partial charge in [0.15, 0.2) is 5.76 Å². The van der Waals surface area contributed by atoms with Gasteiger partial charge in [-0.3, -0.25) is 4.79 Å². The molecule has 20 heavy (non-hydrogen) atoms. The van der Waals surface area contributed by atoms with Crippen LogP contribution in [0.3, 0.4) is 0 Å². The summed E-state index contributed by atoms with van der Waals surface area (Å²) in [6.07, 6.45) is 0.512. The van der Waals surface area contributed by atoms with E-state index in [0.717, 1.165) is 11.5 Å². The Morgan fingerprint density at radius 3 is 3.10 bits per heavy atom. The second-order valence-electron chi connectivity index (χ2n) is 4.88. The summed E-state index contributed by atoms with van der Waals surface area (Å²) in [6.45, 7) is 1.99. The van der Waals surface area contributed by atoms with Gasteiger partial charge in [-0.2, -0.15) is 0 Å². The molecule has 0 saturated heterocycles. The Morgan fingerprint density at radius 2 is 2.25 bits per heavy atom. The van der Waals surface area contributed by atoms with Crippen molar-refractivity contribution in [3.05, 3.63) is 28.7 Å². The van der Waals surface area contributed by atoms with Crippen LogP contribution in [0, 0.1) is 0 Å². The molecule has 0 fully saturated rings. The molecule has 4 rings (SSSR count). The summed E-state index contributed by atoms with van der Waals surface area (Å²) in [6, 6.07) is 0. The van der Waals surface area contributed by atoms with E-state index in [4.69, 9.17) is 8.94 Å². The van der Waals surface area contributed by atoms with Gasteiger partial charge in [-0.15, -0.1) is 0 Å². The minimum absolute atomic E-state index is 0.0896. The van der Waals surface area contributed by atoms with Crippen LogP contribution < -0.4 is 5.32 Å². The average molecular weight is 276 g/mol. The van der Waals surface area contributed by atoms with Gasteiger partial charge in [-0.1, -0.05) is 0 Å². The molecule has 0 bridgehead atoms. The predicted octanol–water partition coefficient (Wildman–Crippen LogP) is 0.170. The number of carbonyl (C=O) groups is 1. The number of aromatic hydroxyl groups is 1. The Labute approximate surface area is 113 Å². The van der Waals surface area contributed by atoms with Gasteiger partial charge in [0.1, 0.15) is 5.76 Å². The second kappa shape index (κ2) is 4.07. The first kappa shape index (κ1) is 11.5. The van der Waals surface area contributed by atoms with Crippen molar-refractivity contribution in [3.63, 3.8) is 0 Å². The Hall–Kier alpha value is -2.35. The number of amides is 1. The summed E-state index contributed by atoms with van der Waals surface area (Å²) in [5.74, 6) is 1.00. The van der Waals surface area contributed by atoms with E-state index in [-0.39, 0.29) is 24.2 Å². The van der Waals surface area contributed by atoms with Crippen LogP contribution in [0.5, 0.6) is 5.88 Å². The molecule has 2 aromatic rings. The summed E-state index contributed by atoms with van der Waals surface area (Å²) >= 11 is 0. The zero-order chi connectivity index (χ0) is 13.7. The SMILES string of the molecule is O=C(c1nc2c(o1)CNC2)N1CCc2c(O)noc2C1. The van der Waals surface area contributed by atoms with Crippen molar-refractivity contribution in [1.29, 1.82) is 0 Å². The van der Waals surface area contributed by atoms with Crippen LogP contribution >= 0.6 is 0 Å². The molecular formula is C12H12N4O4. The first-order valence-electron chi connectivity index (χ1n) is 6.37. The molecule has 0 unspecified atom stereocenters. The van der Waals surface area contributed by atoms with Crippen LogP contribution in [-0.4, -0.2) is 32.6 Å². The molecule has 1 amide bonds. The van der Waals surface area contributed by atoms with Crippen molar-refractivity contribution in [1.82, 2.24) is 20.4 Å². The number of carbonyl (C=O) groups excluding carboxylic acids is 1. The third-order valence-corrected chi connectivity index (χ3v) is 3.64. The number of rotatable bonds is 1. The molecule has 0 radical (unpaired) electrons. The number of hydrogen-bond donors (Lipinski definition) is 2. The lowest BCUT2D eigenvalue weighted by Crippen LogP contribution is -2.35. The number of nitrogens with zero attached hydrogens (tertiary/aromatic N) is 3. The third kappa shape index (κ3) is 1.61. The zero-order valence-corrected chi connectivity index (χ0v) is 10.5. The van der Waals surface area contributed by atoms with Gasteiger partial charge >= 0.3 is 5.91 Å². The first-order valence-corrected chi connectivity index (χ1v) is 6.37. The van der Waals surface area contributed by atoms with E-state index >= 15 is 0 Å². The monoisotopic (exact) mass is 276 g/mol. The van der Waals surface area contributed by atoms with Crippen LogP contribution in [0.1, 0.15) is 33.5 Å². The van der Waals surface area contributed by atoms with Crippen LogP contribution in [0.15, 0.2) is 8.94 Å². The first-order chi connectivity index (χ1) is 9.72. The predicted molar refractivity (Wildman–Crippen MR) is 63.7 cm³/mol. The highest BCUT2D eigenvalue weighted by molar-refractivity contribution is 5.90. The molecule has 2 aromatic heterocycles. The summed E-state index contributed by atoms with van der Waals surface area (Å²) in [5, 5.41) is 16.1. The van der Waals surface area contributed by atoms with Gasteiger partial charge in [0.25, 0.3) is 11.8 Å². The quantitative estimate of drug-likeness (QED) is 0.764. The van der Waals surface area contributed by atoms with Crippen molar-refractivity contribution in [2.45, 2.75) is 26.1 Å². The number of aromatic nitrogens is 2. The summed E-state index contributed by atoms with van der Waals surface area (Å²) in [4.78, 5) is 18.1. The Morgan fingerprint density at radius 1 is 1.35 bits per heavy atom. The molecule has 0 spiro atoms. The molecule has 2 aliphatic rings. The Kier molecular flexibility index (Phi) is 2.34. The lowest BCUT2D eigenvalue weighted by atomic mass is 10.1. The third-order valence-electron chi connectivity index (χ3n) is 3.64. The normalized spacial score (nSPS) is 17.1. The number of hydrogen-bond acceptors (Lipinski definition) is 7. The lowest BCUT2D eigenvalue weighted by molar-refractivity contribution is 0.0673. The fraction of sp³-hybridized carbons (Fsp3) is 0.417. The molecule has 2 aliphatic heterocycles. The highest BCUT2D eigenvalue weighted by Gasteiger charge is 2.31. The van der Waals surface area contributed by atoms with Gasteiger partial charge in [-0.25, -0.2) is 4.98 Å². The van der Waals surface area contributed by atoms with Crippen LogP contribution in [0.2, 0.25) is 0 Å². The number of nitrogens with one attached hydrogen (secondary N) is 1. The highest BCUT2D eigenvalue weighted by atomic mass is 16.5. The molecule has 104 valence electrons. The maximum absolute atomic E-state index is 12.3. The minimum Gasteiger partial charge on any atom is -0.491 e. The maximum atomic E-state index is 12.3.